The number of hydrogen-bond acceptors (Lipinski definition) is 1. The molecule has 1 aliphatic rings. The number of rotatable bonds is 4. The minimum atomic E-state index is 0.494. The lowest BCUT2D eigenvalue weighted by Crippen LogP contribution is -2.84. The average Bonchev–Trinajstić information content (AvgIpc) is 2.74. The van der Waals surface area contributed by atoms with Crippen molar-refractivity contribution in [1.82, 2.24) is 0 Å². The van der Waals surface area contributed by atoms with Crippen molar-refractivity contribution in [3.05, 3.63) is 35.4 Å². The number of benzene rings is 1. The van der Waals surface area contributed by atoms with Crippen molar-refractivity contribution >= 4 is 0 Å². The van der Waals surface area contributed by atoms with Crippen LogP contribution in [0, 0.1) is 6.92 Å². The van der Waals surface area contributed by atoms with Crippen LogP contribution in [-0.4, -0.2) is 19.3 Å². The quantitative estimate of drug-likeness (QED) is 0.788. The molecule has 0 amide bonds. The molecule has 2 nitrogen and oxygen atoms in total. The molecule has 82 valence electrons. The van der Waals surface area contributed by atoms with Crippen molar-refractivity contribution in [2.45, 2.75) is 32.4 Å². The van der Waals surface area contributed by atoms with E-state index in [1.54, 1.807) is 0 Å². The van der Waals surface area contributed by atoms with Crippen LogP contribution in [0.3, 0.4) is 0 Å². The highest BCUT2D eigenvalue weighted by molar-refractivity contribution is 5.24. The minimum absolute atomic E-state index is 0.494. The molecule has 2 N–H and O–H groups in total. The summed E-state index contributed by atoms with van der Waals surface area (Å²) in [7, 11) is 0. The van der Waals surface area contributed by atoms with Gasteiger partial charge in [0.2, 0.25) is 0 Å². The van der Waals surface area contributed by atoms with Gasteiger partial charge >= 0.3 is 0 Å². The Morgan fingerprint density at radius 1 is 1.40 bits per heavy atom. The van der Waals surface area contributed by atoms with Gasteiger partial charge in [-0.2, -0.15) is 0 Å². The molecule has 1 unspecified atom stereocenters. The third-order valence-corrected chi connectivity index (χ3v) is 3.08. The molecule has 0 spiro atoms. The zero-order valence-electron chi connectivity index (χ0n) is 9.41. The SMILES string of the molecule is Cc1ccccc1C[NH2+]CC1CCCO1. The summed E-state index contributed by atoms with van der Waals surface area (Å²) in [5, 5.41) is 2.36. The van der Waals surface area contributed by atoms with Gasteiger partial charge in [-0.15, -0.1) is 0 Å². The second-order valence-corrected chi connectivity index (χ2v) is 4.29. The summed E-state index contributed by atoms with van der Waals surface area (Å²) < 4.78 is 5.59. The van der Waals surface area contributed by atoms with E-state index in [0.717, 1.165) is 19.7 Å². The molecule has 0 aliphatic carbocycles. The van der Waals surface area contributed by atoms with Crippen molar-refractivity contribution < 1.29 is 10.1 Å². The van der Waals surface area contributed by atoms with Crippen molar-refractivity contribution in [1.29, 1.82) is 0 Å². The van der Waals surface area contributed by atoms with E-state index in [1.807, 2.05) is 0 Å². The summed E-state index contributed by atoms with van der Waals surface area (Å²) in [6.45, 7) is 5.32. The normalized spacial score (nSPS) is 20.7. The smallest absolute Gasteiger partial charge is 0.106 e. The molecule has 15 heavy (non-hydrogen) atoms. The average molecular weight is 206 g/mol. The molecule has 1 heterocycles. The second kappa shape index (κ2) is 5.29. The fourth-order valence-corrected chi connectivity index (χ4v) is 2.09. The number of nitrogens with two attached hydrogens (primary N) is 1. The standard InChI is InChI=1S/C13H19NO/c1-11-5-2-3-6-12(11)9-14-10-13-7-4-8-15-13/h2-3,5-6,13-14H,4,7-10H2,1H3/p+1. The number of quaternary nitrogens is 1. The largest absolute Gasteiger partial charge is 0.372 e. The van der Waals surface area contributed by atoms with Crippen molar-refractivity contribution in [2.75, 3.05) is 13.2 Å². The van der Waals surface area contributed by atoms with Gasteiger partial charge < -0.3 is 10.1 Å². The highest BCUT2D eigenvalue weighted by atomic mass is 16.5. The van der Waals surface area contributed by atoms with Crippen LogP contribution in [0.2, 0.25) is 0 Å². The maximum atomic E-state index is 5.59. The van der Waals surface area contributed by atoms with Gasteiger partial charge in [0.15, 0.2) is 0 Å². The first-order chi connectivity index (χ1) is 7.36. The second-order valence-electron chi connectivity index (χ2n) is 4.29. The zero-order chi connectivity index (χ0) is 10.5. The highest BCUT2D eigenvalue weighted by Gasteiger charge is 2.16. The number of ether oxygens (including phenoxy) is 1. The minimum Gasteiger partial charge on any atom is -0.372 e. The molecule has 2 rings (SSSR count). The molecule has 0 saturated carbocycles. The fourth-order valence-electron chi connectivity index (χ4n) is 2.09. The monoisotopic (exact) mass is 206 g/mol. The van der Waals surface area contributed by atoms with Crippen LogP contribution in [-0.2, 0) is 11.3 Å². The van der Waals surface area contributed by atoms with Gasteiger partial charge in [0, 0.05) is 12.2 Å². The van der Waals surface area contributed by atoms with Crippen LogP contribution in [0.25, 0.3) is 0 Å². The van der Waals surface area contributed by atoms with Crippen molar-refractivity contribution in [3.8, 4) is 0 Å². The Kier molecular flexibility index (Phi) is 3.75. The van der Waals surface area contributed by atoms with Crippen molar-refractivity contribution in [3.63, 3.8) is 0 Å². The van der Waals surface area contributed by atoms with Gasteiger partial charge in [-0.1, -0.05) is 24.3 Å². The molecule has 1 aromatic rings. The van der Waals surface area contributed by atoms with E-state index in [1.165, 1.54) is 24.0 Å². The molecule has 1 aromatic carbocycles. The van der Waals surface area contributed by atoms with Crippen LogP contribution >= 0.6 is 0 Å². The predicted octanol–water partition coefficient (Wildman–Crippen LogP) is 1.24. The molecule has 2 heteroatoms. The summed E-state index contributed by atoms with van der Waals surface area (Å²) >= 11 is 0. The number of hydrogen-bond donors (Lipinski definition) is 1. The van der Waals surface area contributed by atoms with E-state index in [-0.39, 0.29) is 0 Å². The van der Waals surface area contributed by atoms with Crippen molar-refractivity contribution in [2.24, 2.45) is 0 Å². The molecular weight excluding hydrogens is 186 g/mol. The highest BCUT2D eigenvalue weighted by Crippen LogP contribution is 2.09. The molecular formula is C13H20NO+. The molecule has 0 bridgehead atoms. The molecule has 1 fully saturated rings. The van der Waals surface area contributed by atoms with Gasteiger partial charge in [-0.25, -0.2) is 0 Å². The topological polar surface area (TPSA) is 25.8 Å². The van der Waals surface area contributed by atoms with Gasteiger partial charge in [0.25, 0.3) is 0 Å². The summed E-state index contributed by atoms with van der Waals surface area (Å²) in [5.74, 6) is 0. The summed E-state index contributed by atoms with van der Waals surface area (Å²) in [5.41, 5.74) is 2.83. The molecule has 1 saturated heterocycles. The fraction of sp³-hybridized carbons (Fsp3) is 0.538. The van der Waals surface area contributed by atoms with E-state index < -0.39 is 0 Å². The predicted molar refractivity (Wildman–Crippen MR) is 60.6 cm³/mol. The first-order valence-corrected chi connectivity index (χ1v) is 5.84. The zero-order valence-corrected chi connectivity index (χ0v) is 9.41. The van der Waals surface area contributed by atoms with E-state index in [2.05, 4.69) is 36.5 Å². The number of aryl methyl sites for hydroxylation is 1. The molecule has 1 aliphatic heterocycles. The first-order valence-electron chi connectivity index (χ1n) is 5.84. The maximum absolute atomic E-state index is 5.59. The molecule has 0 radical (unpaired) electrons. The molecule has 1 atom stereocenters. The van der Waals surface area contributed by atoms with Crippen LogP contribution in [0.15, 0.2) is 24.3 Å². The molecule has 0 aromatic heterocycles. The van der Waals surface area contributed by atoms with Crippen LogP contribution in [0.1, 0.15) is 24.0 Å². The first kappa shape index (κ1) is 10.7. The van der Waals surface area contributed by atoms with Gasteiger partial charge in [-0.3, -0.25) is 0 Å². The third-order valence-electron chi connectivity index (χ3n) is 3.08. The van der Waals surface area contributed by atoms with E-state index in [9.17, 15) is 0 Å². The van der Waals surface area contributed by atoms with E-state index in [4.69, 9.17) is 4.74 Å². The maximum Gasteiger partial charge on any atom is 0.106 e. The van der Waals surface area contributed by atoms with Crippen LogP contribution < -0.4 is 5.32 Å². The lowest BCUT2D eigenvalue weighted by atomic mass is 10.1. The Morgan fingerprint density at radius 2 is 2.27 bits per heavy atom. The Hall–Kier alpha value is -0.860. The Bertz CT molecular complexity index is 305. The Balaban J connectivity index is 1.75. The Morgan fingerprint density at radius 3 is 3.00 bits per heavy atom. The lowest BCUT2D eigenvalue weighted by molar-refractivity contribution is -0.676. The summed E-state index contributed by atoms with van der Waals surface area (Å²) in [6.07, 6.45) is 2.97. The summed E-state index contributed by atoms with van der Waals surface area (Å²) in [6, 6.07) is 8.59. The van der Waals surface area contributed by atoms with E-state index >= 15 is 0 Å². The van der Waals surface area contributed by atoms with E-state index in [0.29, 0.717) is 6.10 Å². The Labute approximate surface area is 91.6 Å². The van der Waals surface area contributed by atoms with Gasteiger partial charge in [-0.05, 0) is 25.3 Å². The summed E-state index contributed by atoms with van der Waals surface area (Å²) in [4.78, 5) is 0. The van der Waals surface area contributed by atoms with Crippen LogP contribution in [0.5, 0.6) is 0 Å². The van der Waals surface area contributed by atoms with Gasteiger partial charge in [0.1, 0.15) is 19.2 Å². The lowest BCUT2D eigenvalue weighted by Gasteiger charge is -2.09. The van der Waals surface area contributed by atoms with Gasteiger partial charge in [0.05, 0.1) is 0 Å². The third kappa shape index (κ3) is 3.05. The van der Waals surface area contributed by atoms with Crippen LogP contribution in [0.4, 0.5) is 0 Å².